The SMILES string of the molecule is CNC1CCC(C(=O)NC2CC(C(C)=O)CCC2C)CC1. The highest BCUT2D eigenvalue weighted by atomic mass is 16.2. The van der Waals surface area contributed by atoms with Gasteiger partial charge in [-0.05, 0) is 64.8 Å². The van der Waals surface area contributed by atoms with E-state index in [-0.39, 0.29) is 29.6 Å². The molecule has 4 nitrogen and oxygen atoms in total. The lowest BCUT2D eigenvalue weighted by Gasteiger charge is -2.35. The van der Waals surface area contributed by atoms with E-state index >= 15 is 0 Å². The van der Waals surface area contributed by atoms with Crippen molar-refractivity contribution < 1.29 is 9.59 Å². The first-order valence-electron chi connectivity index (χ1n) is 8.49. The fourth-order valence-corrected chi connectivity index (χ4v) is 3.84. The molecule has 2 fully saturated rings. The van der Waals surface area contributed by atoms with Gasteiger partial charge in [0.2, 0.25) is 5.91 Å². The van der Waals surface area contributed by atoms with Crippen molar-refractivity contribution in [2.45, 2.75) is 70.9 Å². The van der Waals surface area contributed by atoms with Crippen molar-refractivity contribution in [1.82, 2.24) is 10.6 Å². The highest BCUT2D eigenvalue weighted by Crippen LogP contribution is 2.31. The minimum Gasteiger partial charge on any atom is -0.353 e. The first-order valence-corrected chi connectivity index (χ1v) is 8.49. The Morgan fingerprint density at radius 2 is 1.57 bits per heavy atom. The molecule has 2 saturated carbocycles. The molecule has 4 heteroatoms. The number of rotatable bonds is 4. The molecule has 0 spiro atoms. The van der Waals surface area contributed by atoms with Crippen LogP contribution >= 0.6 is 0 Å². The van der Waals surface area contributed by atoms with Gasteiger partial charge in [-0.3, -0.25) is 9.59 Å². The van der Waals surface area contributed by atoms with E-state index in [1.165, 1.54) is 0 Å². The molecule has 0 saturated heterocycles. The Hall–Kier alpha value is -0.900. The summed E-state index contributed by atoms with van der Waals surface area (Å²) in [4.78, 5) is 24.1. The molecule has 0 aromatic carbocycles. The van der Waals surface area contributed by atoms with Crippen molar-refractivity contribution in [1.29, 1.82) is 0 Å². The minimum absolute atomic E-state index is 0.145. The summed E-state index contributed by atoms with van der Waals surface area (Å²) in [6.45, 7) is 3.87. The minimum atomic E-state index is 0.145. The average Bonchev–Trinajstić information content (AvgIpc) is 2.49. The van der Waals surface area contributed by atoms with E-state index in [9.17, 15) is 9.59 Å². The van der Waals surface area contributed by atoms with Crippen LogP contribution in [-0.2, 0) is 9.59 Å². The number of carbonyl (C=O) groups is 2. The van der Waals surface area contributed by atoms with E-state index in [1.807, 2.05) is 7.05 Å². The fourth-order valence-electron chi connectivity index (χ4n) is 3.84. The van der Waals surface area contributed by atoms with E-state index < -0.39 is 0 Å². The predicted octanol–water partition coefficient (Wildman–Crippen LogP) is 2.27. The van der Waals surface area contributed by atoms with E-state index in [0.29, 0.717) is 12.0 Å². The van der Waals surface area contributed by atoms with Crippen LogP contribution in [0.15, 0.2) is 0 Å². The summed E-state index contributed by atoms with van der Waals surface area (Å²) in [6.07, 6.45) is 6.99. The van der Waals surface area contributed by atoms with Gasteiger partial charge in [0, 0.05) is 23.9 Å². The number of ketones is 1. The smallest absolute Gasteiger partial charge is 0.223 e. The number of hydrogen-bond acceptors (Lipinski definition) is 3. The number of hydrogen-bond donors (Lipinski definition) is 2. The second-order valence-electron chi connectivity index (χ2n) is 7.05. The van der Waals surface area contributed by atoms with Gasteiger partial charge in [0.1, 0.15) is 5.78 Å². The highest BCUT2D eigenvalue weighted by molar-refractivity contribution is 5.80. The van der Waals surface area contributed by atoms with Crippen molar-refractivity contribution in [3.8, 4) is 0 Å². The Labute approximate surface area is 128 Å². The van der Waals surface area contributed by atoms with Crippen molar-refractivity contribution in [2.75, 3.05) is 7.05 Å². The molecule has 2 rings (SSSR count). The maximum absolute atomic E-state index is 12.5. The molecule has 3 unspecified atom stereocenters. The molecule has 2 aliphatic carbocycles. The summed E-state index contributed by atoms with van der Waals surface area (Å²) < 4.78 is 0. The van der Waals surface area contributed by atoms with Gasteiger partial charge in [-0.15, -0.1) is 0 Å². The molecule has 2 N–H and O–H groups in total. The Morgan fingerprint density at radius 3 is 2.14 bits per heavy atom. The van der Waals surface area contributed by atoms with E-state index in [2.05, 4.69) is 17.6 Å². The van der Waals surface area contributed by atoms with E-state index in [0.717, 1.165) is 44.9 Å². The Bertz CT molecular complexity index is 375. The highest BCUT2D eigenvalue weighted by Gasteiger charge is 2.33. The van der Waals surface area contributed by atoms with Gasteiger partial charge in [-0.1, -0.05) is 6.92 Å². The summed E-state index contributed by atoms with van der Waals surface area (Å²) in [7, 11) is 2.00. The summed E-state index contributed by atoms with van der Waals surface area (Å²) in [5.41, 5.74) is 0. The molecule has 1 amide bonds. The molecule has 3 atom stereocenters. The van der Waals surface area contributed by atoms with Gasteiger partial charge in [0.15, 0.2) is 0 Å². The van der Waals surface area contributed by atoms with Crippen LogP contribution in [0.2, 0.25) is 0 Å². The maximum Gasteiger partial charge on any atom is 0.223 e. The number of Topliss-reactive ketones (excluding diaryl/α,β-unsaturated/α-hetero) is 1. The molecule has 120 valence electrons. The van der Waals surface area contributed by atoms with Crippen molar-refractivity contribution in [2.24, 2.45) is 17.8 Å². The monoisotopic (exact) mass is 294 g/mol. The van der Waals surface area contributed by atoms with Gasteiger partial charge in [0.25, 0.3) is 0 Å². The summed E-state index contributed by atoms with van der Waals surface area (Å²) >= 11 is 0. The zero-order valence-corrected chi connectivity index (χ0v) is 13.7. The quantitative estimate of drug-likeness (QED) is 0.836. The van der Waals surface area contributed by atoms with Gasteiger partial charge in [-0.25, -0.2) is 0 Å². The summed E-state index contributed by atoms with van der Waals surface area (Å²) in [6, 6.07) is 0.756. The molecule has 0 radical (unpaired) electrons. The Kier molecular flexibility index (Phi) is 5.80. The van der Waals surface area contributed by atoms with Crippen LogP contribution in [0.5, 0.6) is 0 Å². The van der Waals surface area contributed by atoms with E-state index in [1.54, 1.807) is 6.92 Å². The molecule has 0 aromatic rings. The first-order chi connectivity index (χ1) is 10.0. The fraction of sp³-hybridized carbons (Fsp3) is 0.882. The molecular formula is C17H30N2O2. The summed E-state index contributed by atoms with van der Waals surface area (Å²) in [5, 5.41) is 6.55. The lowest BCUT2D eigenvalue weighted by molar-refractivity contribution is -0.129. The third kappa shape index (κ3) is 4.29. The third-order valence-corrected chi connectivity index (χ3v) is 5.60. The molecule has 0 heterocycles. The second-order valence-corrected chi connectivity index (χ2v) is 7.05. The number of carbonyl (C=O) groups excluding carboxylic acids is 2. The first kappa shape index (κ1) is 16.5. The van der Waals surface area contributed by atoms with Gasteiger partial charge in [0.05, 0.1) is 0 Å². The van der Waals surface area contributed by atoms with Crippen molar-refractivity contribution >= 4 is 11.7 Å². The van der Waals surface area contributed by atoms with Crippen LogP contribution in [0.4, 0.5) is 0 Å². The van der Waals surface area contributed by atoms with Crippen LogP contribution in [-0.4, -0.2) is 30.8 Å². The van der Waals surface area contributed by atoms with Gasteiger partial charge >= 0.3 is 0 Å². The third-order valence-electron chi connectivity index (χ3n) is 5.60. The van der Waals surface area contributed by atoms with Crippen LogP contribution in [0.1, 0.15) is 58.8 Å². The van der Waals surface area contributed by atoms with Crippen LogP contribution < -0.4 is 10.6 Å². The van der Waals surface area contributed by atoms with Crippen molar-refractivity contribution in [3.05, 3.63) is 0 Å². The van der Waals surface area contributed by atoms with Crippen molar-refractivity contribution in [3.63, 3.8) is 0 Å². The number of nitrogens with one attached hydrogen (secondary N) is 2. The molecule has 21 heavy (non-hydrogen) atoms. The Morgan fingerprint density at radius 1 is 0.952 bits per heavy atom. The lowest BCUT2D eigenvalue weighted by atomic mass is 9.77. The molecule has 0 aromatic heterocycles. The second kappa shape index (κ2) is 7.39. The van der Waals surface area contributed by atoms with Crippen LogP contribution in [0.3, 0.4) is 0 Å². The Balaban J connectivity index is 1.85. The van der Waals surface area contributed by atoms with Gasteiger partial charge in [-0.2, -0.15) is 0 Å². The van der Waals surface area contributed by atoms with Crippen LogP contribution in [0, 0.1) is 17.8 Å². The topological polar surface area (TPSA) is 58.2 Å². The lowest BCUT2D eigenvalue weighted by Crippen LogP contribution is -2.47. The summed E-state index contributed by atoms with van der Waals surface area (Å²) in [5.74, 6) is 1.28. The normalized spacial score (nSPS) is 37.0. The van der Waals surface area contributed by atoms with Gasteiger partial charge < -0.3 is 10.6 Å². The standard InChI is InChI=1S/C17H30N2O2/c1-11-4-5-14(12(2)20)10-16(11)19-17(21)13-6-8-15(18-3)9-7-13/h11,13-16,18H,4-10H2,1-3H3,(H,19,21). The molecule has 0 aliphatic heterocycles. The average molecular weight is 294 g/mol. The molecule has 0 bridgehead atoms. The maximum atomic E-state index is 12.5. The molecular weight excluding hydrogens is 264 g/mol. The number of amides is 1. The van der Waals surface area contributed by atoms with E-state index in [4.69, 9.17) is 0 Å². The zero-order valence-electron chi connectivity index (χ0n) is 13.7. The zero-order chi connectivity index (χ0) is 15.4. The molecule has 2 aliphatic rings. The largest absolute Gasteiger partial charge is 0.353 e. The van der Waals surface area contributed by atoms with Crippen LogP contribution in [0.25, 0.3) is 0 Å². The predicted molar refractivity (Wildman–Crippen MR) is 83.9 cm³/mol.